The van der Waals surface area contributed by atoms with Crippen molar-refractivity contribution in [2.45, 2.75) is 0 Å². The van der Waals surface area contributed by atoms with Gasteiger partial charge in [0.1, 0.15) is 10.9 Å². The molecule has 35 heavy (non-hydrogen) atoms. The van der Waals surface area contributed by atoms with Crippen LogP contribution in [0.25, 0.3) is 59.8 Å². The fourth-order valence-electron chi connectivity index (χ4n) is 5.29. The summed E-state index contributed by atoms with van der Waals surface area (Å²) in [6, 6.07) is 35.4. The number of fused-ring (bicyclic) bond motifs is 6. The van der Waals surface area contributed by atoms with E-state index in [0.29, 0.717) is 9.88 Å². The van der Waals surface area contributed by atoms with Gasteiger partial charge in [-0.25, -0.2) is 4.85 Å². The zero-order valence-electron chi connectivity index (χ0n) is 18.4. The molecule has 4 aromatic carbocycles. The van der Waals surface area contributed by atoms with E-state index < -0.39 is 0 Å². The lowest BCUT2D eigenvalue weighted by Gasteiger charge is -2.14. The predicted octanol–water partition coefficient (Wildman–Crippen LogP) is 8.36. The number of benzene rings is 4. The highest BCUT2D eigenvalue weighted by Gasteiger charge is 2.26. The lowest BCUT2D eigenvalue weighted by Crippen LogP contribution is -2.02. The number of hydrogen-bond acceptors (Lipinski definition) is 2. The standard InChI is InChI=1S/C30H16N4S/c1-32-30-29(34-25-16-8-4-12-21(25)22-13-5-9-17-26(22)34)28(27(18-31)35-30)33-23-14-6-2-10-19(23)20-11-3-7-15-24(20)33/h2-17H. The van der Waals surface area contributed by atoms with E-state index in [1.807, 2.05) is 48.5 Å². The molecule has 0 aliphatic rings. The summed E-state index contributed by atoms with van der Waals surface area (Å²) in [6.45, 7) is 8.04. The minimum Gasteiger partial charge on any atom is -0.316 e. The molecule has 0 bridgehead atoms. The Morgan fingerprint density at radius 2 is 0.971 bits per heavy atom. The summed E-state index contributed by atoms with van der Waals surface area (Å²) in [5, 5.41) is 15.2. The fourth-order valence-corrected chi connectivity index (χ4v) is 6.14. The molecule has 0 atom stereocenters. The fraction of sp³-hybridized carbons (Fsp3) is 0. The van der Waals surface area contributed by atoms with Crippen molar-refractivity contribution in [2.75, 3.05) is 0 Å². The summed E-state index contributed by atoms with van der Waals surface area (Å²) in [6.07, 6.45) is 0. The zero-order chi connectivity index (χ0) is 23.5. The topological polar surface area (TPSA) is 38.0 Å². The van der Waals surface area contributed by atoms with E-state index in [9.17, 15) is 5.26 Å². The van der Waals surface area contributed by atoms with Crippen molar-refractivity contribution in [1.82, 2.24) is 9.13 Å². The minimum atomic E-state index is 0.505. The summed E-state index contributed by atoms with van der Waals surface area (Å²) in [4.78, 5) is 4.45. The third-order valence-electron chi connectivity index (χ3n) is 6.65. The summed E-state index contributed by atoms with van der Waals surface area (Å²) >= 11 is 1.26. The molecule has 0 spiro atoms. The average molecular weight is 465 g/mol. The van der Waals surface area contributed by atoms with E-state index in [1.54, 1.807) is 0 Å². The molecule has 162 valence electrons. The van der Waals surface area contributed by atoms with Crippen LogP contribution < -0.4 is 0 Å². The molecule has 5 heteroatoms. The molecule has 0 amide bonds. The molecule has 7 rings (SSSR count). The molecular weight excluding hydrogens is 448 g/mol. The highest BCUT2D eigenvalue weighted by atomic mass is 32.1. The largest absolute Gasteiger partial charge is 0.316 e. The Morgan fingerprint density at radius 3 is 1.34 bits per heavy atom. The van der Waals surface area contributed by atoms with Gasteiger partial charge in [0.15, 0.2) is 0 Å². The molecule has 7 aromatic rings. The van der Waals surface area contributed by atoms with Gasteiger partial charge in [-0.1, -0.05) is 72.8 Å². The second-order valence-electron chi connectivity index (χ2n) is 8.40. The lowest BCUT2D eigenvalue weighted by molar-refractivity contribution is 1.11. The Kier molecular flexibility index (Phi) is 4.11. The highest BCUT2D eigenvalue weighted by molar-refractivity contribution is 7.17. The molecule has 0 aliphatic carbocycles. The second-order valence-corrected chi connectivity index (χ2v) is 9.40. The summed E-state index contributed by atoms with van der Waals surface area (Å²) in [5.41, 5.74) is 5.58. The number of para-hydroxylation sites is 4. The Morgan fingerprint density at radius 1 is 0.600 bits per heavy atom. The van der Waals surface area contributed by atoms with Crippen molar-refractivity contribution in [3.63, 3.8) is 0 Å². The van der Waals surface area contributed by atoms with Gasteiger partial charge in [-0.3, -0.25) is 0 Å². The van der Waals surface area contributed by atoms with Gasteiger partial charge in [0.05, 0.1) is 40.0 Å². The van der Waals surface area contributed by atoms with Crippen molar-refractivity contribution in [2.24, 2.45) is 0 Å². The Bertz CT molecular complexity index is 1790. The smallest absolute Gasteiger partial charge is 0.268 e. The maximum absolute atomic E-state index is 10.3. The van der Waals surface area contributed by atoms with Gasteiger partial charge in [-0.2, -0.15) is 5.26 Å². The summed E-state index contributed by atoms with van der Waals surface area (Å²) in [7, 11) is 0. The van der Waals surface area contributed by atoms with E-state index in [4.69, 9.17) is 6.57 Å². The second kappa shape index (κ2) is 7.33. The van der Waals surface area contributed by atoms with Crippen LogP contribution in [-0.2, 0) is 0 Å². The summed E-state index contributed by atoms with van der Waals surface area (Å²) < 4.78 is 4.32. The van der Waals surface area contributed by atoms with Crippen LogP contribution in [0.2, 0.25) is 0 Å². The molecule has 0 aliphatic heterocycles. The molecule has 0 N–H and O–H groups in total. The number of hydrogen-bond donors (Lipinski definition) is 0. The van der Waals surface area contributed by atoms with E-state index in [2.05, 4.69) is 68.6 Å². The molecule has 0 saturated carbocycles. The lowest BCUT2D eigenvalue weighted by atomic mass is 10.2. The monoisotopic (exact) mass is 464 g/mol. The number of aromatic nitrogens is 2. The van der Waals surface area contributed by atoms with Crippen LogP contribution in [0.1, 0.15) is 4.88 Å². The van der Waals surface area contributed by atoms with Gasteiger partial charge < -0.3 is 9.13 Å². The van der Waals surface area contributed by atoms with Gasteiger partial charge in [-0.05, 0) is 24.3 Å². The third-order valence-corrected chi connectivity index (χ3v) is 7.62. The molecule has 4 nitrogen and oxygen atoms in total. The molecule has 3 heterocycles. The number of nitrogens with zero attached hydrogens (tertiary/aromatic N) is 4. The first kappa shape index (κ1) is 19.6. The van der Waals surface area contributed by atoms with Crippen LogP contribution in [0, 0.1) is 17.9 Å². The Balaban J connectivity index is 1.74. The first-order chi connectivity index (χ1) is 17.3. The average Bonchev–Trinajstić information content (AvgIpc) is 3.55. The predicted molar refractivity (Wildman–Crippen MR) is 144 cm³/mol. The minimum absolute atomic E-state index is 0.505. The SMILES string of the molecule is [C-]#[N+]c1sc(C#N)c(-n2c3ccccc3c3ccccc32)c1-n1c2ccccc2c2ccccc21. The zero-order valence-corrected chi connectivity index (χ0v) is 19.3. The first-order valence-corrected chi connectivity index (χ1v) is 12.0. The summed E-state index contributed by atoms with van der Waals surface area (Å²) in [5.74, 6) is 0. The number of nitriles is 1. The maximum Gasteiger partial charge on any atom is 0.268 e. The van der Waals surface area contributed by atoms with E-state index in [-0.39, 0.29) is 0 Å². The number of thiophene rings is 1. The maximum atomic E-state index is 10.3. The number of rotatable bonds is 2. The van der Waals surface area contributed by atoms with Gasteiger partial charge in [0.25, 0.3) is 5.00 Å². The Labute approximate surface area is 204 Å². The third kappa shape index (κ3) is 2.59. The van der Waals surface area contributed by atoms with Gasteiger partial charge >= 0.3 is 0 Å². The van der Waals surface area contributed by atoms with Crippen LogP contribution in [-0.4, -0.2) is 9.13 Å². The van der Waals surface area contributed by atoms with Crippen LogP contribution in [0.4, 0.5) is 5.00 Å². The van der Waals surface area contributed by atoms with Crippen LogP contribution >= 0.6 is 11.3 Å². The highest BCUT2D eigenvalue weighted by Crippen LogP contribution is 2.47. The van der Waals surface area contributed by atoms with E-state index >= 15 is 0 Å². The molecule has 0 fully saturated rings. The first-order valence-electron chi connectivity index (χ1n) is 11.2. The quantitative estimate of drug-likeness (QED) is 0.237. The van der Waals surface area contributed by atoms with Crippen LogP contribution in [0.3, 0.4) is 0 Å². The van der Waals surface area contributed by atoms with Gasteiger partial charge in [-0.15, -0.1) is 11.3 Å². The molecular formula is C30H16N4S. The Hall–Kier alpha value is -4.84. The van der Waals surface area contributed by atoms with Crippen molar-refractivity contribution in [3.05, 3.63) is 113 Å². The normalized spacial score (nSPS) is 11.4. The van der Waals surface area contributed by atoms with Crippen molar-refractivity contribution in [3.8, 4) is 17.4 Å². The van der Waals surface area contributed by atoms with E-state index in [0.717, 1.165) is 55.0 Å². The van der Waals surface area contributed by atoms with Crippen molar-refractivity contribution >= 4 is 59.9 Å². The van der Waals surface area contributed by atoms with Crippen LogP contribution in [0.5, 0.6) is 0 Å². The van der Waals surface area contributed by atoms with Crippen molar-refractivity contribution in [1.29, 1.82) is 5.26 Å². The molecule has 0 unspecified atom stereocenters. The molecule has 3 aromatic heterocycles. The van der Waals surface area contributed by atoms with E-state index in [1.165, 1.54) is 11.3 Å². The van der Waals surface area contributed by atoms with Gasteiger partial charge in [0.2, 0.25) is 0 Å². The van der Waals surface area contributed by atoms with Crippen LogP contribution in [0.15, 0.2) is 97.1 Å². The molecule has 0 radical (unpaired) electrons. The van der Waals surface area contributed by atoms with Crippen molar-refractivity contribution < 1.29 is 0 Å². The van der Waals surface area contributed by atoms with Gasteiger partial charge in [0, 0.05) is 21.5 Å². The molecule has 0 saturated heterocycles.